The summed E-state index contributed by atoms with van der Waals surface area (Å²) in [5.41, 5.74) is -0.902. The Morgan fingerprint density at radius 2 is 2.00 bits per heavy atom. The van der Waals surface area contributed by atoms with Crippen molar-refractivity contribution >= 4 is 11.8 Å². The Kier molecular flexibility index (Phi) is 3.90. The largest absolute Gasteiger partial charge is 0.362 e. The summed E-state index contributed by atoms with van der Waals surface area (Å²) in [6.45, 7) is 3.15. The van der Waals surface area contributed by atoms with Crippen LogP contribution in [-0.4, -0.2) is 49.1 Å². The van der Waals surface area contributed by atoms with Crippen molar-refractivity contribution in [3.8, 4) is 0 Å². The zero-order valence-corrected chi connectivity index (χ0v) is 11.2. The number of nitrogens with zero attached hydrogens (tertiary/aromatic N) is 1. The SMILES string of the molecule is CNC(=O)[C@@]1(C)CN(C(=O)C2CCCC2)CCO1. The van der Waals surface area contributed by atoms with Gasteiger partial charge in [0.2, 0.25) is 5.91 Å². The highest BCUT2D eigenvalue weighted by Gasteiger charge is 2.41. The van der Waals surface area contributed by atoms with Crippen LogP contribution in [0.15, 0.2) is 0 Å². The highest BCUT2D eigenvalue weighted by atomic mass is 16.5. The molecule has 5 nitrogen and oxygen atoms in total. The van der Waals surface area contributed by atoms with Gasteiger partial charge in [-0.1, -0.05) is 12.8 Å². The number of amides is 2. The van der Waals surface area contributed by atoms with Gasteiger partial charge in [-0.15, -0.1) is 0 Å². The zero-order chi connectivity index (χ0) is 13.2. The van der Waals surface area contributed by atoms with Gasteiger partial charge in [-0.25, -0.2) is 0 Å². The summed E-state index contributed by atoms with van der Waals surface area (Å²) in [6, 6.07) is 0. The lowest BCUT2D eigenvalue weighted by Crippen LogP contribution is -2.59. The standard InChI is InChI=1S/C13H22N2O3/c1-13(12(17)14-2)9-15(7-8-18-13)11(16)10-5-3-4-6-10/h10H,3-9H2,1-2H3,(H,14,17)/t13-/m1/s1. The lowest BCUT2D eigenvalue weighted by Gasteiger charge is -2.39. The highest BCUT2D eigenvalue weighted by molar-refractivity contribution is 5.86. The Morgan fingerprint density at radius 3 is 2.61 bits per heavy atom. The smallest absolute Gasteiger partial charge is 0.253 e. The fourth-order valence-electron chi connectivity index (χ4n) is 2.89. The molecule has 0 spiro atoms. The first-order chi connectivity index (χ1) is 8.57. The van der Waals surface area contributed by atoms with Crippen LogP contribution >= 0.6 is 0 Å². The van der Waals surface area contributed by atoms with Gasteiger partial charge in [0, 0.05) is 19.5 Å². The monoisotopic (exact) mass is 254 g/mol. The summed E-state index contributed by atoms with van der Waals surface area (Å²) in [5, 5.41) is 2.60. The van der Waals surface area contributed by atoms with Gasteiger partial charge in [0.05, 0.1) is 13.2 Å². The van der Waals surface area contributed by atoms with E-state index in [4.69, 9.17) is 4.74 Å². The van der Waals surface area contributed by atoms with Crippen LogP contribution < -0.4 is 5.32 Å². The lowest BCUT2D eigenvalue weighted by atomic mass is 10.0. The minimum Gasteiger partial charge on any atom is -0.362 e. The fourth-order valence-corrected chi connectivity index (χ4v) is 2.89. The van der Waals surface area contributed by atoms with E-state index >= 15 is 0 Å². The number of rotatable bonds is 2. The minimum atomic E-state index is -0.902. The second-order valence-electron chi connectivity index (χ2n) is 5.40. The Hall–Kier alpha value is -1.10. The molecule has 1 saturated carbocycles. The van der Waals surface area contributed by atoms with E-state index in [0.717, 1.165) is 25.7 Å². The zero-order valence-electron chi connectivity index (χ0n) is 11.2. The van der Waals surface area contributed by atoms with Gasteiger partial charge in [0.15, 0.2) is 5.60 Å². The molecule has 1 heterocycles. The molecule has 1 aliphatic carbocycles. The third-order valence-corrected chi connectivity index (χ3v) is 4.00. The highest BCUT2D eigenvalue weighted by Crippen LogP contribution is 2.28. The Morgan fingerprint density at radius 1 is 1.33 bits per heavy atom. The average Bonchev–Trinajstić information content (AvgIpc) is 2.90. The van der Waals surface area contributed by atoms with Crippen LogP contribution in [0.2, 0.25) is 0 Å². The van der Waals surface area contributed by atoms with Crippen LogP contribution in [-0.2, 0) is 14.3 Å². The molecule has 1 atom stereocenters. The molecule has 2 fully saturated rings. The van der Waals surface area contributed by atoms with E-state index in [2.05, 4.69) is 5.32 Å². The number of ether oxygens (including phenoxy) is 1. The molecule has 1 saturated heterocycles. The molecule has 1 aliphatic heterocycles. The molecule has 0 aromatic heterocycles. The second kappa shape index (κ2) is 5.26. The molecule has 2 rings (SSSR count). The molecule has 102 valence electrons. The molecule has 1 N–H and O–H groups in total. The van der Waals surface area contributed by atoms with Gasteiger partial charge in [0.25, 0.3) is 5.91 Å². The van der Waals surface area contributed by atoms with Gasteiger partial charge in [-0.05, 0) is 19.8 Å². The van der Waals surface area contributed by atoms with Crippen LogP contribution in [0.1, 0.15) is 32.6 Å². The van der Waals surface area contributed by atoms with Crippen LogP contribution in [0, 0.1) is 5.92 Å². The second-order valence-corrected chi connectivity index (χ2v) is 5.40. The van der Waals surface area contributed by atoms with Crippen LogP contribution in [0.5, 0.6) is 0 Å². The fraction of sp³-hybridized carbons (Fsp3) is 0.846. The topological polar surface area (TPSA) is 58.6 Å². The van der Waals surface area contributed by atoms with Crippen molar-refractivity contribution < 1.29 is 14.3 Å². The van der Waals surface area contributed by atoms with Gasteiger partial charge < -0.3 is 15.0 Å². The summed E-state index contributed by atoms with van der Waals surface area (Å²) in [5.74, 6) is 0.203. The number of carbonyl (C=O) groups excluding carboxylic acids is 2. The molecular formula is C13H22N2O3. The van der Waals surface area contributed by atoms with Gasteiger partial charge in [-0.2, -0.15) is 0 Å². The molecule has 0 aromatic rings. The average molecular weight is 254 g/mol. The van der Waals surface area contributed by atoms with Crippen molar-refractivity contribution in [1.82, 2.24) is 10.2 Å². The molecule has 0 unspecified atom stereocenters. The molecule has 2 aliphatic rings. The summed E-state index contributed by atoms with van der Waals surface area (Å²) in [6.07, 6.45) is 4.28. The number of carbonyl (C=O) groups is 2. The first-order valence-corrected chi connectivity index (χ1v) is 6.72. The maximum Gasteiger partial charge on any atom is 0.253 e. The first-order valence-electron chi connectivity index (χ1n) is 6.72. The van der Waals surface area contributed by atoms with E-state index in [1.807, 2.05) is 0 Å². The van der Waals surface area contributed by atoms with E-state index in [-0.39, 0.29) is 17.7 Å². The third-order valence-electron chi connectivity index (χ3n) is 4.00. The number of nitrogens with one attached hydrogen (secondary N) is 1. The maximum atomic E-state index is 12.3. The van der Waals surface area contributed by atoms with Crippen molar-refractivity contribution in [2.45, 2.75) is 38.2 Å². The van der Waals surface area contributed by atoms with E-state index in [1.165, 1.54) is 0 Å². The summed E-state index contributed by atoms with van der Waals surface area (Å²) in [4.78, 5) is 25.9. The van der Waals surface area contributed by atoms with Crippen LogP contribution in [0.25, 0.3) is 0 Å². The van der Waals surface area contributed by atoms with Crippen LogP contribution in [0.4, 0.5) is 0 Å². The Balaban J connectivity index is 2.01. The van der Waals surface area contributed by atoms with Gasteiger partial charge >= 0.3 is 0 Å². The molecule has 0 aromatic carbocycles. The molecule has 0 bridgehead atoms. The number of hydrogen-bond acceptors (Lipinski definition) is 3. The van der Waals surface area contributed by atoms with E-state index in [0.29, 0.717) is 19.7 Å². The minimum absolute atomic E-state index is 0.161. The summed E-state index contributed by atoms with van der Waals surface area (Å²) in [7, 11) is 1.59. The van der Waals surface area contributed by atoms with Crippen molar-refractivity contribution in [2.24, 2.45) is 5.92 Å². The third kappa shape index (κ3) is 2.51. The molecular weight excluding hydrogens is 232 g/mol. The van der Waals surface area contributed by atoms with E-state index in [1.54, 1.807) is 18.9 Å². The normalized spacial score (nSPS) is 29.3. The predicted molar refractivity (Wildman–Crippen MR) is 67.0 cm³/mol. The van der Waals surface area contributed by atoms with Crippen molar-refractivity contribution in [1.29, 1.82) is 0 Å². The van der Waals surface area contributed by atoms with Crippen LogP contribution in [0.3, 0.4) is 0 Å². The Bertz CT molecular complexity index is 339. The number of hydrogen-bond donors (Lipinski definition) is 1. The molecule has 2 amide bonds. The summed E-state index contributed by atoms with van der Waals surface area (Å²) < 4.78 is 5.56. The predicted octanol–water partition coefficient (Wildman–Crippen LogP) is 0.540. The Labute approximate surface area is 108 Å². The molecule has 5 heteroatoms. The quantitative estimate of drug-likeness (QED) is 0.782. The van der Waals surface area contributed by atoms with Crippen molar-refractivity contribution in [3.05, 3.63) is 0 Å². The molecule has 18 heavy (non-hydrogen) atoms. The first kappa shape index (κ1) is 13.3. The summed E-state index contributed by atoms with van der Waals surface area (Å²) >= 11 is 0. The van der Waals surface area contributed by atoms with E-state index in [9.17, 15) is 9.59 Å². The van der Waals surface area contributed by atoms with Gasteiger partial charge in [0.1, 0.15) is 0 Å². The van der Waals surface area contributed by atoms with E-state index < -0.39 is 5.60 Å². The van der Waals surface area contributed by atoms with Crippen molar-refractivity contribution in [2.75, 3.05) is 26.7 Å². The van der Waals surface area contributed by atoms with Gasteiger partial charge in [-0.3, -0.25) is 9.59 Å². The maximum absolute atomic E-state index is 12.3. The molecule has 0 radical (unpaired) electrons. The number of likely N-dealkylation sites (N-methyl/N-ethyl adjacent to an activating group) is 1. The lowest BCUT2D eigenvalue weighted by molar-refractivity contribution is -0.164. The van der Waals surface area contributed by atoms with Crippen molar-refractivity contribution in [3.63, 3.8) is 0 Å². The number of morpholine rings is 1.